The van der Waals surface area contributed by atoms with Gasteiger partial charge in [-0.1, -0.05) is 0 Å². The Bertz CT molecular complexity index is 515. The van der Waals surface area contributed by atoms with E-state index in [0.29, 0.717) is 12.6 Å². The zero-order chi connectivity index (χ0) is 17.0. The van der Waals surface area contributed by atoms with Crippen molar-refractivity contribution in [1.82, 2.24) is 19.8 Å². The molecule has 1 aromatic heterocycles. The molecular weight excluding hydrogens is 292 g/mol. The molecule has 0 radical (unpaired) electrons. The molecule has 2 atom stereocenters. The van der Waals surface area contributed by atoms with Crippen LogP contribution in [0.2, 0.25) is 0 Å². The van der Waals surface area contributed by atoms with Gasteiger partial charge in [-0.25, -0.2) is 4.79 Å². The van der Waals surface area contributed by atoms with Crippen LogP contribution in [0.25, 0.3) is 0 Å². The molecule has 1 aliphatic heterocycles. The van der Waals surface area contributed by atoms with Gasteiger partial charge in [-0.05, 0) is 47.6 Å². The zero-order valence-electron chi connectivity index (χ0n) is 14.8. The van der Waals surface area contributed by atoms with Crippen LogP contribution >= 0.6 is 0 Å². The van der Waals surface area contributed by atoms with Crippen LogP contribution in [0.5, 0.6) is 0 Å². The van der Waals surface area contributed by atoms with Crippen LogP contribution in [0, 0.1) is 0 Å². The maximum absolute atomic E-state index is 12.3. The average molecular weight is 320 g/mol. The maximum atomic E-state index is 12.3. The lowest BCUT2D eigenvalue weighted by Crippen LogP contribution is -2.50. The van der Waals surface area contributed by atoms with Crippen LogP contribution in [-0.2, 0) is 4.74 Å². The normalized spacial score (nSPS) is 20.4. The van der Waals surface area contributed by atoms with E-state index in [-0.39, 0.29) is 12.1 Å². The van der Waals surface area contributed by atoms with Gasteiger partial charge in [0.15, 0.2) is 0 Å². The number of hydrogen-bond donors (Lipinski definition) is 0. The molecule has 0 spiro atoms. The molecule has 6 heteroatoms. The van der Waals surface area contributed by atoms with E-state index in [1.807, 2.05) is 25.7 Å². The Labute approximate surface area is 138 Å². The molecular formula is C17H28N4O2. The molecule has 2 rings (SSSR count). The van der Waals surface area contributed by atoms with Crippen LogP contribution in [0.1, 0.15) is 52.3 Å². The van der Waals surface area contributed by atoms with Crippen molar-refractivity contribution < 1.29 is 9.53 Å². The lowest BCUT2D eigenvalue weighted by Gasteiger charge is -2.40. The number of ether oxygens (including phenoxy) is 1. The molecule has 1 amide bonds. The van der Waals surface area contributed by atoms with E-state index in [1.54, 1.807) is 18.6 Å². The maximum Gasteiger partial charge on any atom is 0.410 e. The Hall–Kier alpha value is -1.69. The van der Waals surface area contributed by atoms with Gasteiger partial charge in [-0.2, -0.15) is 0 Å². The van der Waals surface area contributed by atoms with Crippen LogP contribution in [-0.4, -0.2) is 57.6 Å². The summed E-state index contributed by atoms with van der Waals surface area (Å²) in [4.78, 5) is 24.9. The van der Waals surface area contributed by atoms with E-state index in [4.69, 9.17) is 4.74 Å². The minimum atomic E-state index is -0.456. The van der Waals surface area contributed by atoms with Crippen LogP contribution < -0.4 is 0 Å². The second-order valence-corrected chi connectivity index (χ2v) is 7.19. The van der Waals surface area contributed by atoms with Gasteiger partial charge in [-0.15, -0.1) is 0 Å². The van der Waals surface area contributed by atoms with Gasteiger partial charge in [0.25, 0.3) is 0 Å². The first kappa shape index (κ1) is 17.7. The quantitative estimate of drug-likeness (QED) is 0.857. The molecule has 0 bridgehead atoms. The Morgan fingerprint density at radius 1 is 1.43 bits per heavy atom. The number of carbonyl (C=O) groups is 1. The van der Waals surface area contributed by atoms with E-state index in [0.717, 1.165) is 25.1 Å². The summed E-state index contributed by atoms with van der Waals surface area (Å²) in [5.41, 5.74) is 0.493. The minimum absolute atomic E-state index is 0.160. The van der Waals surface area contributed by atoms with Crippen LogP contribution in [0.4, 0.5) is 4.79 Å². The summed E-state index contributed by atoms with van der Waals surface area (Å²) in [7, 11) is 2.09. The largest absolute Gasteiger partial charge is 0.444 e. The molecule has 6 nitrogen and oxygen atoms in total. The fourth-order valence-electron chi connectivity index (χ4n) is 2.83. The third-order valence-corrected chi connectivity index (χ3v) is 4.25. The van der Waals surface area contributed by atoms with E-state index in [9.17, 15) is 4.79 Å². The Morgan fingerprint density at radius 3 is 2.78 bits per heavy atom. The number of aromatic nitrogens is 2. The predicted molar refractivity (Wildman–Crippen MR) is 89.0 cm³/mol. The van der Waals surface area contributed by atoms with Crippen molar-refractivity contribution in [3.63, 3.8) is 0 Å². The predicted octanol–water partition coefficient (Wildman–Crippen LogP) is 2.87. The number of amides is 1. The molecule has 1 aromatic rings. The number of rotatable bonds is 3. The SMILES string of the molecule is C[C@H](c1cnccn1)N(C)[C@H]1CCCN(C(=O)OC(C)(C)C)C1. The first-order valence-corrected chi connectivity index (χ1v) is 8.23. The number of likely N-dealkylation sites (N-methyl/N-ethyl adjacent to an activating group) is 1. The number of nitrogens with zero attached hydrogens (tertiary/aromatic N) is 4. The fourth-order valence-corrected chi connectivity index (χ4v) is 2.83. The van der Waals surface area contributed by atoms with Gasteiger partial charge in [0.2, 0.25) is 0 Å². The smallest absolute Gasteiger partial charge is 0.410 e. The molecule has 0 unspecified atom stereocenters. The molecule has 0 aliphatic carbocycles. The monoisotopic (exact) mass is 320 g/mol. The van der Waals surface area contributed by atoms with Gasteiger partial charge in [-0.3, -0.25) is 14.9 Å². The van der Waals surface area contributed by atoms with Crippen molar-refractivity contribution in [2.45, 2.75) is 58.2 Å². The van der Waals surface area contributed by atoms with Crippen molar-refractivity contribution in [2.24, 2.45) is 0 Å². The highest BCUT2D eigenvalue weighted by molar-refractivity contribution is 5.68. The van der Waals surface area contributed by atoms with Crippen molar-refractivity contribution >= 4 is 6.09 Å². The number of carbonyl (C=O) groups excluding carboxylic acids is 1. The Kier molecular flexibility index (Phi) is 5.57. The molecule has 0 N–H and O–H groups in total. The molecule has 0 aromatic carbocycles. The first-order chi connectivity index (χ1) is 10.8. The van der Waals surface area contributed by atoms with Gasteiger partial charge in [0.1, 0.15) is 5.60 Å². The molecule has 2 heterocycles. The fraction of sp³-hybridized carbons (Fsp3) is 0.706. The summed E-state index contributed by atoms with van der Waals surface area (Å²) >= 11 is 0. The lowest BCUT2D eigenvalue weighted by molar-refractivity contribution is 0.00957. The van der Waals surface area contributed by atoms with Gasteiger partial charge >= 0.3 is 6.09 Å². The number of piperidine rings is 1. The van der Waals surface area contributed by atoms with E-state index in [2.05, 4.69) is 28.8 Å². The van der Waals surface area contributed by atoms with Crippen molar-refractivity contribution in [3.8, 4) is 0 Å². The average Bonchev–Trinajstić information content (AvgIpc) is 2.53. The Balaban J connectivity index is 1.99. The van der Waals surface area contributed by atoms with Gasteiger partial charge in [0, 0.05) is 37.7 Å². The third-order valence-electron chi connectivity index (χ3n) is 4.25. The standard InChI is InChI=1S/C17H28N4O2/c1-13(15-11-18-8-9-19-15)20(5)14-7-6-10-21(12-14)16(22)23-17(2,3)4/h8-9,11,13-14H,6-7,10,12H2,1-5H3/t13-,14+/m1/s1. The lowest BCUT2D eigenvalue weighted by atomic mass is 10.0. The van der Waals surface area contributed by atoms with E-state index in [1.165, 1.54) is 0 Å². The van der Waals surface area contributed by atoms with Gasteiger partial charge < -0.3 is 9.64 Å². The minimum Gasteiger partial charge on any atom is -0.444 e. The highest BCUT2D eigenvalue weighted by atomic mass is 16.6. The second kappa shape index (κ2) is 7.25. The zero-order valence-corrected chi connectivity index (χ0v) is 14.8. The molecule has 1 saturated heterocycles. The van der Waals surface area contributed by atoms with E-state index >= 15 is 0 Å². The molecule has 128 valence electrons. The van der Waals surface area contributed by atoms with Crippen LogP contribution in [0.15, 0.2) is 18.6 Å². The highest BCUT2D eigenvalue weighted by Gasteiger charge is 2.31. The van der Waals surface area contributed by atoms with Crippen molar-refractivity contribution in [2.75, 3.05) is 20.1 Å². The third kappa shape index (κ3) is 4.89. The number of hydrogen-bond acceptors (Lipinski definition) is 5. The topological polar surface area (TPSA) is 58.6 Å². The molecule has 23 heavy (non-hydrogen) atoms. The van der Waals surface area contributed by atoms with Crippen LogP contribution in [0.3, 0.4) is 0 Å². The number of likely N-dealkylation sites (tertiary alicyclic amines) is 1. The summed E-state index contributed by atoms with van der Waals surface area (Å²) < 4.78 is 5.50. The van der Waals surface area contributed by atoms with E-state index < -0.39 is 5.60 Å². The highest BCUT2D eigenvalue weighted by Crippen LogP contribution is 2.24. The first-order valence-electron chi connectivity index (χ1n) is 8.23. The molecule has 0 saturated carbocycles. The summed E-state index contributed by atoms with van der Waals surface area (Å²) in [5, 5.41) is 0. The van der Waals surface area contributed by atoms with Crippen molar-refractivity contribution in [1.29, 1.82) is 0 Å². The summed E-state index contributed by atoms with van der Waals surface area (Å²) in [5.74, 6) is 0. The summed E-state index contributed by atoms with van der Waals surface area (Å²) in [6.07, 6.45) is 7.04. The Morgan fingerprint density at radius 2 is 2.17 bits per heavy atom. The van der Waals surface area contributed by atoms with Gasteiger partial charge in [0.05, 0.1) is 11.7 Å². The van der Waals surface area contributed by atoms with Crippen molar-refractivity contribution in [3.05, 3.63) is 24.3 Å². The summed E-state index contributed by atoms with van der Waals surface area (Å²) in [6.45, 7) is 9.27. The summed E-state index contributed by atoms with van der Waals surface area (Å²) in [6, 6.07) is 0.459. The molecule has 1 aliphatic rings. The second-order valence-electron chi connectivity index (χ2n) is 7.19. The molecule has 1 fully saturated rings.